The highest BCUT2D eigenvalue weighted by molar-refractivity contribution is 5.73. The number of carboxylic acid groups (broad SMARTS) is 1. The first kappa shape index (κ1) is 12.7. The highest BCUT2D eigenvalue weighted by atomic mass is 19.4. The highest BCUT2D eigenvalue weighted by Crippen LogP contribution is 2.13. The number of alkyl halides is 3. The molecule has 0 unspecified atom stereocenters. The van der Waals surface area contributed by atoms with Gasteiger partial charge in [-0.25, -0.2) is 4.79 Å². The quantitative estimate of drug-likeness (QED) is 0.622. The number of carboxylic acids is 1. The molecular formula is C7H9F3N2O2. The van der Waals surface area contributed by atoms with E-state index in [2.05, 4.69) is 11.4 Å². The van der Waals surface area contributed by atoms with Gasteiger partial charge in [0.25, 0.3) is 0 Å². The molecule has 80 valence electrons. The number of nitrogens with one attached hydrogen (secondary N) is 1. The van der Waals surface area contributed by atoms with Crippen LogP contribution < -0.4 is 5.32 Å². The van der Waals surface area contributed by atoms with Gasteiger partial charge < -0.3 is 10.4 Å². The van der Waals surface area contributed by atoms with Crippen molar-refractivity contribution in [3.8, 4) is 6.07 Å². The normalized spacial score (nSPS) is 20.6. The molecule has 1 heterocycles. The first-order valence-corrected chi connectivity index (χ1v) is 3.81. The third-order valence-electron chi connectivity index (χ3n) is 1.46. The van der Waals surface area contributed by atoms with Crippen molar-refractivity contribution in [2.75, 3.05) is 6.54 Å². The van der Waals surface area contributed by atoms with E-state index in [1.165, 1.54) is 0 Å². The predicted octanol–water partition coefficient (Wildman–Crippen LogP) is 0.895. The predicted molar refractivity (Wildman–Crippen MR) is 40.3 cm³/mol. The highest BCUT2D eigenvalue weighted by Gasteiger charge is 2.38. The third kappa shape index (κ3) is 5.37. The number of carbonyl (C=O) groups is 1. The van der Waals surface area contributed by atoms with Crippen LogP contribution in [0.25, 0.3) is 0 Å². The number of nitriles is 1. The van der Waals surface area contributed by atoms with Crippen LogP contribution in [0.15, 0.2) is 0 Å². The molecular weight excluding hydrogens is 201 g/mol. The Bertz CT molecular complexity index is 228. The molecule has 0 spiro atoms. The fraction of sp³-hybridized carbons (Fsp3) is 0.714. The van der Waals surface area contributed by atoms with Crippen LogP contribution in [-0.2, 0) is 4.79 Å². The van der Waals surface area contributed by atoms with E-state index in [1.807, 2.05) is 0 Å². The van der Waals surface area contributed by atoms with E-state index < -0.39 is 12.1 Å². The van der Waals surface area contributed by atoms with Crippen molar-refractivity contribution < 1.29 is 23.1 Å². The Labute approximate surface area is 78.3 Å². The molecule has 1 rings (SSSR count). The van der Waals surface area contributed by atoms with Crippen molar-refractivity contribution in [2.24, 2.45) is 0 Å². The Morgan fingerprint density at radius 1 is 1.57 bits per heavy atom. The number of nitrogens with zero attached hydrogens (tertiary/aromatic N) is 1. The van der Waals surface area contributed by atoms with E-state index in [-0.39, 0.29) is 6.04 Å². The second kappa shape index (κ2) is 5.44. The molecule has 1 fully saturated rings. The second-order valence-corrected chi connectivity index (χ2v) is 2.58. The van der Waals surface area contributed by atoms with Crippen LogP contribution in [0.5, 0.6) is 0 Å². The minimum atomic E-state index is -5.08. The van der Waals surface area contributed by atoms with E-state index in [0.717, 1.165) is 19.4 Å². The van der Waals surface area contributed by atoms with E-state index >= 15 is 0 Å². The molecule has 0 aliphatic carbocycles. The van der Waals surface area contributed by atoms with Gasteiger partial charge in [0.05, 0.1) is 12.1 Å². The Balaban J connectivity index is 0.000000241. The summed E-state index contributed by atoms with van der Waals surface area (Å²) in [4.78, 5) is 8.90. The summed E-state index contributed by atoms with van der Waals surface area (Å²) in [6.45, 7) is 1.03. The molecule has 2 N–H and O–H groups in total. The van der Waals surface area contributed by atoms with Gasteiger partial charge in [0.15, 0.2) is 0 Å². The summed E-state index contributed by atoms with van der Waals surface area (Å²) >= 11 is 0. The minimum absolute atomic E-state index is 0.153. The number of aliphatic carboxylic acids is 1. The maximum absolute atomic E-state index is 10.6. The Morgan fingerprint density at radius 3 is 2.21 bits per heavy atom. The summed E-state index contributed by atoms with van der Waals surface area (Å²) in [6, 6.07) is 2.31. The summed E-state index contributed by atoms with van der Waals surface area (Å²) < 4.78 is 31.7. The van der Waals surface area contributed by atoms with Gasteiger partial charge in [0.2, 0.25) is 0 Å². The van der Waals surface area contributed by atoms with Gasteiger partial charge in [0, 0.05) is 0 Å². The number of halogens is 3. The fourth-order valence-corrected chi connectivity index (χ4v) is 0.795. The largest absolute Gasteiger partial charge is 0.490 e. The average Bonchev–Trinajstić information content (AvgIpc) is 2.54. The van der Waals surface area contributed by atoms with Crippen LogP contribution in [0.2, 0.25) is 0 Å². The van der Waals surface area contributed by atoms with Gasteiger partial charge in [-0.1, -0.05) is 0 Å². The molecule has 0 aromatic carbocycles. The molecule has 0 aromatic rings. The maximum atomic E-state index is 10.6. The van der Waals surface area contributed by atoms with E-state index in [1.54, 1.807) is 0 Å². The smallest absolute Gasteiger partial charge is 0.475 e. The zero-order valence-corrected chi connectivity index (χ0v) is 7.14. The second-order valence-electron chi connectivity index (χ2n) is 2.58. The van der Waals surface area contributed by atoms with E-state index in [0.29, 0.717) is 0 Å². The molecule has 7 heteroatoms. The summed E-state index contributed by atoms with van der Waals surface area (Å²) in [6.07, 6.45) is -2.88. The van der Waals surface area contributed by atoms with Crippen LogP contribution in [0.4, 0.5) is 13.2 Å². The van der Waals surface area contributed by atoms with Crippen LogP contribution in [-0.4, -0.2) is 29.8 Å². The van der Waals surface area contributed by atoms with Gasteiger partial charge in [-0.3, -0.25) is 0 Å². The lowest BCUT2D eigenvalue weighted by Gasteiger charge is -1.93. The molecule has 14 heavy (non-hydrogen) atoms. The van der Waals surface area contributed by atoms with Crippen molar-refractivity contribution >= 4 is 5.97 Å². The minimum Gasteiger partial charge on any atom is -0.475 e. The van der Waals surface area contributed by atoms with E-state index in [4.69, 9.17) is 15.2 Å². The van der Waals surface area contributed by atoms with Crippen LogP contribution in [0.3, 0.4) is 0 Å². The Morgan fingerprint density at radius 2 is 2.07 bits per heavy atom. The molecule has 0 aromatic heterocycles. The van der Waals surface area contributed by atoms with Crippen molar-refractivity contribution in [3.05, 3.63) is 0 Å². The standard InChI is InChI=1S/C5H8N2.C2HF3O2/c6-4-5-2-1-3-7-5;3-2(4,5)1(6)7/h5,7H,1-3H2;(H,6,7)/t5-;/m1./s1. The summed E-state index contributed by atoms with van der Waals surface area (Å²) in [5.41, 5.74) is 0. The van der Waals surface area contributed by atoms with Gasteiger partial charge in [0.1, 0.15) is 0 Å². The van der Waals surface area contributed by atoms with Gasteiger partial charge in [-0.2, -0.15) is 18.4 Å². The molecule has 1 atom stereocenters. The van der Waals surface area contributed by atoms with Crippen LogP contribution in [0, 0.1) is 11.3 Å². The lowest BCUT2D eigenvalue weighted by Crippen LogP contribution is -2.21. The molecule has 0 saturated carbocycles. The average molecular weight is 210 g/mol. The lowest BCUT2D eigenvalue weighted by atomic mass is 10.2. The Kier molecular flexibility index (Phi) is 4.94. The first-order valence-electron chi connectivity index (χ1n) is 3.81. The topological polar surface area (TPSA) is 73.1 Å². The summed E-state index contributed by atoms with van der Waals surface area (Å²) in [5.74, 6) is -2.76. The van der Waals surface area contributed by atoms with Gasteiger partial charge in [-0.15, -0.1) is 0 Å². The lowest BCUT2D eigenvalue weighted by molar-refractivity contribution is -0.192. The Hall–Kier alpha value is -1.29. The molecule has 0 radical (unpaired) electrons. The molecule has 1 saturated heterocycles. The SMILES string of the molecule is N#C[C@H]1CCCN1.O=C(O)C(F)(F)F. The number of rotatable bonds is 0. The third-order valence-corrected chi connectivity index (χ3v) is 1.46. The molecule has 0 amide bonds. The maximum Gasteiger partial charge on any atom is 0.490 e. The van der Waals surface area contributed by atoms with Crippen molar-refractivity contribution in [1.29, 1.82) is 5.26 Å². The molecule has 1 aliphatic rings. The number of hydrogen-bond acceptors (Lipinski definition) is 3. The van der Waals surface area contributed by atoms with Gasteiger partial charge in [-0.05, 0) is 19.4 Å². The molecule has 0 bridgehead atoms. The zero-order valence-electron chi connectivity index (χ0n) is 7.14. The van der Waals surface area contributed by atoms with Gasteiger partial charge >= 0.3 is 12.1 Å². The summed E-state index contributed by atoms with van der Waals surface area (Å²) in [5, 5.41) is 18.4. The fourth-order valence-electron chi connectivity index (χ4n) is 0.795. The molecule has 4 nitrogen and oxygen atoms in total. The first-order chi connectivity index (χ1) is 6.38. The summed E-state index contributed by atoms with van der Waals surface area (Å²) in [7, 11) is 0. The van der Waals surface area contributed by atoms with Crippen LogP contribution >= 0.6 is 0 Å². The van der Waals surface area contributed by atoms with Crippen molar-refractivity contribution in [2.45, 2.75) is 25.1 Å². The monoisotopic (exact) mass is 210 g/mol. The number of hydrogen-bond donors (Lipinski definition) is 2. The van der Waals surface area contributed by atoms with Crippen molar-refractivity contribution in [3.63, 3.8) is 0 Å². The van der Waals surface area contributed by atoms with Crippen LogP contribution in [0.1, 0.15) is 12.8 Å². The zero-order chi connectivity index (χ0) is 11.2. The van der Waals surface area contributed by atoms with E-state index in [9.17, 15) is 13.2 Å². The van der Waals surface area contributed by atoms with Crippen molar-refractivity contribution in [1.82, 2.24) is 5.32 Å². The molecule has 1 aliphatic heterocycles.